The molecule has 0 unspecified atom stereocenters. The number of anilines is 1. The lowest BCUT2D eigenvalue weighted by atomic mass is 10.1. The standard InChI is InChI=1S/C17H18N4O4S/c1-21(14-9-15(22)19-10-18-14)6-7-25-12-4-2-11(3-5-12)8-13-16(23)20-17(24)26-13/h2-5,9-10,23H,6-8H2,1H3,(H,20,24)(H,18,19,22). The Bertz CT molecular complexity index is 977. The monoisotopic (exact) mass is 374 g/mol. The number of likely N-dealkylation sites (N-methyl/N-ethyl adjacent to an activating group) is 1. The van der Waals surface area contributed by atoms with E-state index < -0.39 is 0 Å². The Balaban J connectivity index is 1.52. The molecule has 0 saturated heterocycles. The van der Waals surface area contributed by atoms with Crippen LogP contribution in [0.15, 0.2) is 46.2 Å². The Morgan fingerprint density at radius 3 is 2.69 bits per heavy atom. The minimum Gasteiger partial charge on any atom is -0.494 e. The molecule has 136 valence electrons. The maximum absolute atomic E-state index is 11.3. The normalized spacial score (nSPS) is 10.7. The fraction of sp³-hybridized carbons (Fsp3) is 0.235. The van der Waals surface area contributed by atoms with Gasteiger partial charge in [0.15, 0.2) is 0 Å². The Labute approximate surface area is 152 Å². The van der Waals surface area contributed by atoms with Gasteiger partial charge in [-0.05, 0) is 17.7 Å². The molecule has 0 bridgehead atoms. The second-order valence-electron chi connectivity index (χ2n) is 5.65. The number of hydrogen-bond acceptors (Lipinski definition) is 7. The number of rotatable bonds is 7. The van der Waals surface area contributed by atoms with Gasteiger partial charge in [0.2, 0.25) is 5.88 Å². The van der Waals surface area contributed by atoms with Crippen molar-refractivity contribution in [3.63, 3.8) is 0 Å². The molecule has 3 N–H and O–H groups in total. The molecule has 0 aliphatic rings. The van der Waals surface area contributed by atoms with Gasteiger partial charge in [0.1, 0.15) is 18.2 Å². The molecule has 0 fully saturated rings. The van der Waals surface area contributed by atoms with E-state index in [0.717, 1.165) is 16.9 Å². The van der Waals surface area contributed by atoms with E-state index in [1.165, 1.54) is 12.4 Å². The Hall–Kier alpha value is -3.07. The van der Waals surface area contributed by atoms with E-state index in [1.807, 2.05) is 36.2 Å². The van der Waals surface area contributed by atoms with Gasteiger partial charge in [-0.2, -0.15) is 0 Å². The summed E-state index contributed by atoms with van der Waals surface area (Å²) in [5.74, 6) is 1.22. The number of ether oxygens (including phenoxy) is 1. The van der Waals surface area contributed by atoms with Crippen LogP contribution in [0.1, 0.15) is 10.4 Å². The summed E-state index contributed by atoms with van der Waals surface area (Å²) < 4.78 is 5.70. The highest BCUT2D eigenvalue weighted by molar-refractivity contribution is 7.09. The molecule has 0 amide bonds. The summed E-state index contributed by atoms with van der Waals surface area (Å²) in [4.78, 5) is 33.6. The number of H-pyrrole nitrogens is 2. The summed E-state index contributed by atoms with van der Waals surface area (Å²) in [6.45, 7) is 1.01. The van der Waals surface area contributed by atoms with Crippen LogP contribution in [0.4, 0.5) is 5.82 Å². The summed E-state index contributed by atoms with van der Waals surface area (Å²) in [5, 5.41) is 9.63. The Kier molecular flexibility index (Phi) is 5.37. The maximum atomic E-state index is 11.3. The van der Waals surface area contributed by atoms with Crippen LogP contribution in [-0.4, -0.2) is 40.3 Å². The number of aromatic nitrogens is 3. The van der Waals surface area contributed by atoms with E-state index in [0.29, 0.717) is 36.0 Å². The number of hydrogen-bond donors (Lipinski definition) is 3. The SMILES string of the molecule is CN(CCOc1ccc(Cc2sc(=O)[nH]c2O)cc1)c1cc(=O)[nH]cn1. The third kappa shape index (κ3) is 4.51. The predicted molar refractivity (Wildman–Crippen MR) is 99.5 cm³/mol. The lowest BCUT2D eigenvalue weighted by Gasteiger charge is -2.17. The zero-order valence-electron chi connectivity index (χ0n) is 14.1. The minimum atomic E-state index is -0.267. The third-order valence-electron chi connectivity index (χ3n) is 3.74. The van der Waals surface area contributed by atoms with Crippen LogP contribution in [0.25, 0.3) is 0 Å². The first-order chi connectivity index (χ1) is 12.5. The molecule has 1 aromatic carbocycles. The van der Waals surface area contributed by atoms with E-state index in [1.54, 1.807) is 0 Å². The van der Waals surface area contributed by atoms with E-state index in [2.05, 4.69) is 15.0 Å². The van der Waals surface area contributed by atoms with Crippen LogP contribution in [0.5, 0.6) is 11.6 Å². The van der Waals surface area contributed by atoms with Crippen molar-refractivity contribution in [3.05, 3.63) is 67.1 Å². The minimum absolute atomic E-state index is 0.0725. The summed E-state index contributed by atoms with van der Waals surface area (Å²) in [5.41, 5.74) is 0.768. The number of aromatic amines is 2. The van der Waals surface area contributed by atoms with Crippen LogP contribution < -0.4 is 20.1 Å². The molecular weight excluding hydrogens is 356 g/mol. The predicted octanol–water partition coefficient (Wildman–Crippen LogP) is 1.33. The number of benzene rings is 1. The number of nitrogens with zero attached hydrogens (tertiary/aromatic N) is 2. The third-order valence-corrected chi connectivity index (χ3v) is 4.61. The highest BCUT2D eigenvalue weighted by Crippen LogP contribution is 2.21. The first-order valence-corrected chi connectivity index (χ1v) is 8.71. The Morgan fingerprint density at radius 2 is 2.04 bits per heavy atom. The van der Waals surface area contributed by atoms with E-state index in [4.69, 9.17) is 4.74 Å². The van der Waals surface area contributed by atoms with Crippen molar-refractivity contribution in [2.24, 2.45) is 0 Å². The fourth-order valence-corrected chi connectivity index (χ4v) is 3.10. The Morgan fingerprint density at radius 1 is 1.27 bits per heavy atom. The number of thiazole rings is 1. The largest absolute Gasteiger partial charge is 0.494 e. The molecule has 2 aromatic heterocycles. The fourth-order valence-electron chi connectivity index (χ4n) is 2.34. The van der Waals surface area contributed by atoms with Gasteiger partial charge < -0.3 is 19.7 Å². The van der Waals surface area contributed by atoms with Gasteiger partial charge in [-0.3, -0.25) is 14.6 Å². The van der Waals surface area contributed by atoms with Crippen molar-refractivity contribution in [2.75, 3.05) is 25.1 Å². The van der Waals surface area contributed by atoms with Crippen molar-refractivity contribution in [2.45, 2.75) is 6.42 Å². The van der Waals surface area contributed by atoms with Crippen molar-refractivity contribution in [1.82, 2.24) is 15.0 Å². The van der Waals surface area contributed by atoms with Gasteiger partial charge >= 0.3 is 4.87 Å². The molecule has 8 nitrogen and oxygen atoms in total. The molecule has 0 spiro atoms. The zero-order valence-corrected chi connectivity index (χ0v) is 14.9. The molecule has 3 aromatic rings. The van der Waals surface area contributed by atoms with Gasteiger partial charge in [-0.1, -0.05) is 23.5 Å². The second kappa shape index (κ2) is 7.87. The van der Waals surface area contributed by atoms with E-state index >= 15 is 0 Å². The van der Waals surface area contributed by atoms with E-state index in [-0.39, 0.29) is 16.3 Å². The molecule has 3 rings (SSSR count). The van der Waals surface area contributed by atoms with Gasteiger partial charge in [-0.15, -0.1) is 0 Å². The van der Waals surface area contributed by atoms with Crippen LogP contribution in [0, 0.1) is 0 Å². The first-order valence-electron chi connectivity index (χ1n) is 7.90. The lowest BCUT2D eigenvalue weighted by molar-refractivity contribution is 0.325. The quantitative estimate of drug-likeness (QED) is 0.575. The maximum Gasteiger partial charge on any atom is 0.307 e. The molecule has 2 heterocycles. The number of aromatic hydroxyl groups is 1. The average molecular weight is 374 g/mol. The first kappa shape index (κ1) is 17.7. The summed E-state index contributed by atoms with van der Waals surface area (Å²) in [7, 11) is 1.84. The van der Waals surface area contributed by atoms with Gasteiger partial charge in [0, 0.05) is 19.5 Å². The highest BCUT2D eigenvalue weighted by atomic mass is 32.1. The van der Waals surface area contributed by atoms with Gasteiger partial charge in [0.25, 0.3) is 5.56 Å². The van der Waals surface area contributed by atoms with Gasteiger partial charge in [0.05, 0.1) is 17.7 Å². The molecule has 0 aliphatic heterocycles. The van der Waals surface area contributed by atoms with Crippen LogP contribution in [0.2, 0.25) is 0 Å². The zero-order chi connectivity index (χ0) is 18.5. The summed E-state index contributed by atoms with van der Waals surface area (Å²) >= 11 is 1.00. The summed E-state index contributed by atoms with van der Waals surface area (Å²) in [6, 6.07) is 8.89. The molecule has 0 saturated carbocycles. The average Bonchev–Trinajstić information content (AvgIpc) is 2.93. The smallest absolute Gasteiger partial charge is 0.307 e. The molecule has 26 heavy (non-hydrogen) atoms. The molecule has 0 atom stereocenters. The molecule has 0 aliphatic carbocycles. The lowest BCUT2D eigenvalue weighted by Crippen LogP contribution is -2.26. The molecule has 9 heteroatoms. The van der Waals surface area contributed by atoms with Crippen LogP contribution >= 0.6 is 11.3 Å². The van der Waals surface area contributed by atoms with Crippen molar-refractivity contribution in [1.29, 1.82) is 0 Å². The molecular formula is C17H18N4O4S. The second-order valence-corrected chi connectivity index (χ2v) is 6.71. The summed E-state index contributed by atoms with van der Waals surface area (Å²) in [6.07, 6.45) is 1.85. The van der Waals surface area contributed by atoms with Crippen LogP contribution in [0.3, 0.4) is 0 Å². The van der Waals surface area contributed by atoms with Crippen molar-refractivity contribution >= 4 is 17.2 Å². The topological polar surface area (TPSA) is 111 Å². The van der Waals surface area contributed by atoms with E-state index in [9.17, 15) is 14.7 Å². The van der Waals surface area contributed by atoms with Crippen molar-refractivity contribution < 1.29 is 9.84 Å². The van der Waals surface area contributed by atoms with Crippen LogP contribution in [-0.2, 0) is 6.42 Å². The van der Waals surface area contributed by atoms with Crippen molar-refractivity contribution in [3.8, 4) is 11.6 Å². The highest BCUT2D eigenvalue weighted by Gasteiger charge is 2.08. The van der Waals surface area contributed by atoms with Gasteiger partial charge in [-0.25, -0.2) is 4.98 Å². The number of nitrogens with one attached hydrogen (secondary N) is 2. The molecule has 0 radical (unpaired) electrons.